The number of para-hydroxylation sites is 1. The molecule has 9 heteroatoms. The van der Waals surface area contributed by atoms with Crippen molar-refractivity contribution in [2.45, 2.75) is 44.1 Å². The van der Waals surface area contributed by atoms with Crippen LogP contribution in [0, 0.1) is 6.92 Å². The van der Waals surface area contributed by atoms with Gasteiger partial charge in [-0.3, -0.25) is 9.10 Å². The quantitative estimate of drug-likeness (QED) is 0.420. The molecule has 3 aromatic rings. The Labute approximate surface area is 223 Å². The molecule has 1 heterocycles. The molecular weight excluding hydrogens is 512 g/mol. The highest BCUT2D eigenvalue weighted by atomic mass is 35.5. The van der Waals surface area contributed by atoms with Crippen molar-refractivity contribution in [3.63, 3.8) is 0 Å². The van der Waals surface area contributed by atoms with Gasteiger partial charge in [-0.05, 0) is 54.3 Å². The summed E-state index contributed by atoms with van der Waals surface area (Å²) in [5.41, 5.74) is 2.22. The van der Waals surface area contributed by atoms with Crippen LogP contribution in [-0.4, -0.2) is 40.1 Å². The minimum atomic E-state index is -3.97. The van der Waals surface area contributed by atoms with Gasteiger partial charge >= 0.3 is 0 Å². The molecule has 0 radical (unpaired) electrons. The summed E-state index contributed by atoms with van der Waals surface area (Å²) < 4.78 is 40.1. The highest BCUT2D eigenvalue weighted by Crippen LogP contribution is 2.39. The van der Waals surface area contributed by atoms with Crippen LogP contribution in [0.15, 0.2) is 71.6 Å². The van der Waals surface area contributed by atoms with Crippen LogP contribution in [0.3, 0.4) is 0 Å². The van der Waals surface area contributed by atoms with Gasteiger partial charge in [-0.1, -0.05) is 68.3 Å². The lowest BCUT2D eigenvalue weighted by atomic mass is 9.86. The monoisotopic (exact) mass is 542 g/mol. The lowest BCUT2D eigenvalue weighted by Crippen LogP contribution is -2.51. The van der Waals surface area contributed by atoms with E-state index in [0.29, 0.717) is 10.7 Å². The van der Waals surface area contributed by atoms with E-state index < -0.39 is 22.0 Å². The van der Waals surface area contributed by atoms with Gasteiger partial charge in [-0.15, -0.1) is 0 Å². The third-order valence-electron chi connectivity index (χ3n) is 6.05. The Balaban J connectivity index is 1.48. The number of ether oxygens (including phenoxy) is 2. The molecule has 0 fully saturated rings. The fourth-order valence-electron chi connectivity index (χ4n) is 4.09. The van der Waals surface area contributed by atoms with Crippen molar-refractivity contribution < 1.29 is 22.7 Å². The van der Waals surface area contributed by atoms with Gasteiger partial charge in [0.1, 0.15) is 18.1 Å². The molecule has 3 aromatic carbocycles. The van der Waals surface area contributed by atoms with E-state index in [1.165, 1.54) is 10.4 Å². The van der Waals surface area contributed by atoms with Gasteiger partial charge in [0.05, 0.1) is 23.7 Å². The SMILES string of the molecule is Cc1ccc(S(=O)(=O)N2C[C@H](C(=O)NCCOc3ccccc3C(C)(C)C)Oc3ccc(Cl)cc32)cc1. The Bertz CT molecular complexity index is 1380. The zero-order chi connectivity index (χ0) is 26.8. The Morgan fingerprint density at radius 1 is 1.11 bits per heavy atom. The number of carbonyl (C=O) groups is 1. The molecule has 37 heavy (non-hydrogen) atoms. The first-order chi connectivity index (χ1) is 17.5. The highest BCUT2D eigenvalue weighted by molar-refractivity contribution is 7.92. The second kappa shape index (κ2) is 10.6. The van der Waals surface area contributed by atoms with E-state index in [9.17, 15) is 13.2 Å². The Hall–Kier alpha value is -3.23. The maximum atomic E-state index is 13.5. The summed E-state index contributed by atoms with van der Waals surface area (Å²) >= 11 is 6.16. The van der Waals surface area contributed by atoms with Gasteiger partial charge in [-0.2, -0.15) is 0 Å². The molecule has 1 N–H and O–H groups in total. The molecule has 0 spiro atoms. The fraction of sp³-hybridized carbons (Fsp3) is 0.321. The largest absolute Gasteiger partial charge is 0.491 e. The number of benzene rings is 3. The van der Waals surface area contributed by atoms with Crippen LogP contribution in [0.4, 0.5) is 5.69 Å². The number of amides is 1. The molecular formula is C28H31ClN2O5S. The van der Waals surface area contributed by atoms with E-state index in [4.69, 9.17) is 21.1 Å². The van der Waals surface area contributed by atoms with Crippen LogP contribution in [0.2, 0.25) is 5.02 Å². The van der Waals surface area contributed by atoms with Gasteiger partial charge in [-0.25, -0.2) is 8.42 Å². The number of aryl methyl sites for hydroxylation is 1. The van der Waals surface area contributed by atoms with Crippen molar-refractivity contribution in [1.29, 1.82) is 0 Å². The number of halogens is 1. The van der Waals surface area contributed by atoms with Crippen molar-refractivity contribution in [1.82, 2.24) is 5.32 Å². The summed E-state index contributed by atoms with van der Waals surface area (Å²) in [5.74, 6) is 0.596. The van der Waals surface area contributed by atoms with Gasteiger partial charge in [0, 0.05) is 5.02 Å². The Morgan fingerprint density at radius 2 is 1.81 bits per heavy atom. The van der Waals surface area contributed by atoms with Gasteiger partial charge in [0.15, 0.2) is 6.10 Å². The van der Waals surface area contributed by atoms with Crippen LogP contribution in [0.25, 0.3) is 0 Å². The molecule has 196 valence electrons. The normalized spacial score (nSPS) is 15.5. The molecule has 1 aliphatic heterocycles. The first-order valence-corrected chi connectivity index (χ1v) is 13.8. The summed E-state index contributed by atoms with van der Waals surface area (Å²) in [6.07, 6.45) is -1.05. The predicted octanol–water partition coefficient (Wildman–Crippen LogP) is 5.10. The summed E-state index contributed by atoms with van der Waals surface area (Å²) in [4.78, 5) is 13.1. The molecule has 0 aliphatic carbocycles. The fourth-order valence-corrected chi connectivity index (χ4v) is 5.72. The van der Waals surface area contributed by atoms with Crippen LogP contribution in [-0.2, 0) is 20.2 Å². The van der Waals surface area contributed by atoms with Crippen molar-refractivity contribution in [2.75, 3.05) is 24.0 Å². The second-order valence-corrected chi connectivity index (χ2v) is 12.3. The highest BCUT2D eigenvalue weighted by Gasteiger charge is 2.37. The summed E-state index contributed by atoms with van der Waals surface area (Å²) in [6, 6.07) is 19.1. The number of sulfonamides is 1. The van der Waals surface area contributed by atoms with Crippen molar-refractivity contribution in [3.8, 4) is 11.5 Å². The van der Waals surface area contributed by atoms with Crippen LogP contribution in [0.1, 0.15) is 31.9 Å². The maximum absolute atomic E-state index is 13.5. The Kier molecular flexibility index (Phi) is 7.71. The van der Waals surface area contributed by atoms with E-state index in [2.05, 4.69) is 26.1 Å². The molecule has 7 nitrogen and oxygen atoms in total. The van der Waals surface area contributed by atoms with Crippen LogP contribution >= 0.6 is 11.6 Å². The molecule has 0 saturated carbocycles. The van der Waals surface area contributed by atoms with E-state index in [1.807, 2.05) is 31.2 Å². The first-order valence-electron chi connectivity index (χ1n) is 12.0. The second-order valence-electron chi connectivity index (χ2n) is 9.95. The molecule has 0 aromatic heterocycles. The third kappa shape index (κ3) is 6.02. The molecule has 4 rings (SSSR count). The molecule has 0 unspecified atom stereocenters. The molecule has 0 saturated heterocycles. The zero-order valence-electron chi connectivity index (χ0n) is 21.3. The minimum Gasteiger partial charge on any atom is -0.491 e. The van der Waals surface area contributed by atoms with E-state index >= 15 is 0 Å². The number of anilines is 1. The smallest absolute Gasteiger partial charge is 0.264 e. The van der Waals surface area contributed by atoms with E-state index in [-0.39, 0.29) is 35.8 Å². The topological polar surface area (TPSA) is 84.9 Å². The number of rotatable bonds is 7. The third-order valence-corrected chi connectivity index (χ3v) is 8.07. The summed E-state index contributed by atoms with van der Waals surface area (Å²) in [6.45, 7) is 8.50. The molecule has 1 amide bonds. The summed E-state index contributed by atoms with van der Waals surface area (Å²) in [7, 11) is -3.97. The zero-order valence-corrected chi connectivity index (χ0v) is 22.9. The Morgan fingerprint density at radius 3 is 2.51 bits per heavy atom. The average molecular weight is 543 g/mol. The molecule has 0 bridgehead atoms. The lowest BCUT2D eigenvalue weighted by Gasteiger charge is -2.35. The first kappa shape index (κ1) is 26.8. The van der Waals surface area contributed by atoms with Crippen LogP contribution in [0.5, 0.6) is 11.5 Å². The van der Waals surface area contributed by atoms with Gasteiger partial charge < -0.3 is 14.8 Å². The number of nitrogens with zero attached hydrogens (tertiary/aromatic N) is 1. The lowest BCUT2D eigenvalue weighted by molar-refractivity contribution is -0.127. The standard InChI is InChI=1S/C28H31ClN2O5S/c1-19-9-12-21(13-10-19)37(33,34)31-18-26(36-25-14-11-20(29)17-23(25)31)27(32)30-15-16-35-24-8-6-5-7-22(24)28(2,3)4/h5-14,17,26H,15-16,18H2,1-4H3,(H,30,32)/t26-/m1/s1. The summed E-state index contributed by atoms with van der Waals surface area (Å²) in [5, 5.41) is 3.17. The molecule has 1 atom stereocenters. The number of nitrogens with one attached hydrogen (secondary N) is 1. The van der Waals surface area contributed by atoms with E-state index in [0.717, 1.165) is 16.9 Å². The van der Waals surface area contributed by atoms with Crippen LogP contribution < -0.4 is 19.1 Å². The number of hydrogen-bond donors (Lipinski definition) is 1. The molecule has 1 aliphatic rings. The predicted molar refractivity (Wildman–Crippen MR) is 145 cm³/mol. The number of hydrogen-bond acceptors (Lipinski definition) is 5. The number of fused-ring (bicyclic) bond motifs is 1. The average Bonchev–Trinajstić information content (AvgIpc) is 2.85. The van der Waals surface area contributed by atoms with Gasteiger partial charge in [0.25, 0.3) is 15.9 Å². The van der Waals surface area contributed by atoms with Crippen molar-refractivity contribution >= 4 is 33.2 Å². The van der Waals surface area contributed by atoms with Gasteiger partial charge in [0.2, 0.25) is 0 Å². The maximum Gasteiger partial charge on any atom is 0.264 e. The minimum absolute atomic E-state index is 0.0849. The van der Waals surface area contributed by atoms with E-state index in [1.54, 1.807) is 36.4 Å². The van der Waals surface area contributed by atoms with Crippen molar-refractivity contribution in [3.05, 3.63) is 82.9 Å². The van der Waals surface area contributed by atoms with Crippen molar-refractivity contribution in [2.24, 2.45) is 0 Å². The number of carbonyl (C=O) groups excluding carboxylic acids is 1.